The predicted octanol–water partition coefficient (Wildman–Crippen LogP) is 2.81. The van der Waals surface area contributed by atoms with Crippen LogP contribution in [0.2, 0.25) is 0 Å². The number of amides is 2. The van der Waals surface area contributed by atoms with E-state index in [1.54, 1.807) is 24.1 Å². The summed E-state index contributed by atoms with van der Waals surface area (Å²) in [6.45, 7) is 1.31. The van der Waals surface area contributed by atoms with Gasteiger partial charge in [-0.25, -0.2) is 4.39 Å². The van der Waals surface area contributed by atoms with E-state index in [2.05, 4.69) is 5.32 Å². The molecule has 0 saturated carbocycles. The lowest BCUT2D eigenvalue weighted by atomic mass is 9.94. The predicted molar refractivity (Wildman–Crippen MR) is 109 cm³/mol. The second-order valence-corrected chi connectivity index (χ2v) is 7.74. The van der Waals surface area contributed by atoms with E-state index in [0.717, 1.165) is 17.1 Å². The molecule has 0 spiro atoms. The maximum atomic E-state index is 13.9. The summed E-state index contributed by atoms with van der Waals surface area (Å²) in [7, 11) is 1.61. The van der Waals surface area contributed by atoms with E-state index < -0.39 is 5.82 Å². The Kier molecular flexibility index (Phi) is 5.88. The Morgan fingerprint density at radius 3 is 2.67 bits per heavy atom. The highest BCUT2D eigenvalue weighted by Gasteiger charge is 2.30. The van der Waals surface area contributed by atoms with E-state index in [9.17, 15) is 14.0 Å². The van der Waals surface area contributed by atoms with Gasteiger partial charge in [-0.05, 0) is 55.2 Å². The Morgan fingerprint density at radius 2 is 1.93 bits per heavy atom. The minimum atomic E-state index is -0.507. The average Bonchev–Trinajstić information content (AvgIpc) is 2.78. The largest absolute Gasteiger partial charge is 0.497 e. The van der Waals surface area contributed by atoms with E-state index in [-0.39, 0.29) is 29.3 Å². The zero-order chi connectivity index (χ0) is 21.1. The summed E-state index contributed by atoms with van der Waals surface area (Å²) in [6.07, 6.45) is 1.89. The van der Waals surface area contributed by atoms with Crippen molar-refractivity contribution < 1.29 is 23.5 Å². The molecule has 2 aliphatic rings. The van der Waals surface area contributed by atoms with Gasteiger partial charge in [0.1, 0.15) is 23.9 Å². The van der Waals surface area contributed by atoms with Crippen LogP contribution in [-0.2, 0) is 11.2 Å². The van der Waals surface area contributed by atoms with Crippen LogP contribution in [0, 0.1) is 11.7 Å². The van der Waals surface area contributed by atoms with Crippen molar-refractivity contribution in [2.24, 2.45) is 5.92 Å². The third kappa shape index (κ3) is 4.25. The number of nitrogens with one attached hydrogen (secondary N) is 1. The summed E-state index contributed by atoms with van der Waals surface area (Å²) >= 11 is 0. The Bertz CT molecular complexity index is 941. The number of fused-ring (bicyclic) bond motifs is 1. The van der Waals surface area contributed by atoms with Crippen molar-refractivity contribution in [3.8, 4) is 11.5 Å². The van der Waals surface area contributed by atoms with Gasteiger partial charge in [-0.2, -0.15) is 0 Å². The van der Waals surface area contributed by atoms with Crippen LogP contribution >= 0.6 is 0 Å². The molecule has 2 aromatic carbocycles. The minimum Gasteiger partial charge on any atom is -0.497 e. The van der Waals surface area contributed by atoms with Crippen molar-refractivity contribution in [3.05, 3.63) is 59.4 Å². The zero-order valence-corrected chi connectivity index (χ0v) is 16.9. The van der Waals surface area contributed by atoms with Crippen LogP contribution in [0.15, 0.2) is 42.5 Å². The number of benzene rings is 2. The van der Waals surface area contributed by atoms with Gasteiger partial charge in [0.15, 0.2) is 0 Å². The van der Waals surface area contributed by atoms with Gasteiger partial charge >= 0.3 is 0 Å². The quantitative estimate of drug-likeness (QED) is 0.839. The van der Waals surface area contributed by atoms with Crippen molar-refractivity contribution in [3.63, 3.8) is 0 Å². The van der Waals surface area contributed by atoms with Gasteiger partial charge in [0.05, 0.1) is 18.6 Å². The number of hydrogen-bond donors (Lipinski definition) is 1. The number of likely N-dealkylation sites (tertiary alicyclic amines) is 1. The standard InChI is InChI=1S/C23H25FN2O4/c1-29-18-6-7-21-15(13-18)12-16(14-30-21)22(27)25-17-8-10-26(11-9-17)23(28)19-4-2-3-5-20(19)24/h2-7,13,16-17H,8-12,14H2,1H3,(H,25,27). The number of halogens is 1. The molecule has 0 aromatic heterocycles. The van der Waals surface area contributed by atoms with Crippen LogP contribution in [0.4, 0.5) is 4.39 Å². The number of piperidine rings is 1. The molecule has 0 bridgehead atoms. The molecule has 1 fully saturated rings. The molecule has 7 heteroatoms. The lowest BCUT2D eigenvalue weighted by Crippen LogP contribution is -2.49. The molecule has 0 aliphatic carbocycles. The summed E-state index contributed by atoms with van der Waals surface area (Å²) in [5.74, 6) is 0.423. The first-order valence-corrected chi connectivity index (χ1v) is 10.2. The molecular weight excluding hydrogens is 387 g/mol. The van der Waals surface area contributed by atoms with Gasteiger partial charge in [0.25, 0.3) is 5.91 Å². The fourth-order valence-corrected chi connectivity index (χ4v) is 4.02. The zero-order valence-electron chi connectivity index (χ0n) is 16.9. The van der Waals surface area contributed by atoms with E-state index in [1.165, 1.54) is 12.1 Å². The van der Waals surface area contributed by atoms with Crippen molar-refractivity contribution in [2.75, 3.05) is 26.8 Å². The molecular formula is C23H25FN2O4. The smallest absolute Gasteiger partial charge is 0.256 e. The van der Waals surface area contributed by atoms with Gasteiger partial charge in [-0.3, -0.25) is 9.59 Å². The maximum Gasteiger partial charge on any atom is 0.256 e. The van der Waals surface area contributed by atoms with Crippen molar-refractivity contribution in [1.82, 2.24) is 10.2 Å². The second-order valence-electron chi connectivity index (χ2n) is 7.74. The number of rotatable bonds is 4. The molecule has 4 rings (SSSR count). The molecule has 158 valence electrons. The first-order valence-electron chi connectivity index (χ1n) is 10.2. The Balaban J connectivity index is 1.30. The fourth-order valence-electron chi connectivity index (χ4n) is 4.02. The molecule has 6 nitrogen and oxygen atoms in total. The van der Waals surface area contributed by atoms with Crippen molar-refractivity contribution in [2.45, 2.75) is 25.3 Å². The van der Waals surface area contributed by atoms with Gasteiger partial charge in [0, 0.05) is 19.1 Å². The van der Waals surface area contributed by atoms with Crippen LogP contribution in [-0.4, -0.2) is 49.6 Å². The number of carbonyl (C=O) groups is 2. The summed E-state index contributed by atoms with van der Waals surface area (Å²) < 4.78 is 24.9. The fraction of sp³-hybridized carbons (Fsp3) is 0.391. The van der Waals surface area contributed by atoms with Gasteiger partial charge < -0.3 is 19.7 Å². The molecule has 1 saturated heterocycles. The number of methoxy groups -OCH3 is 1. The third-order valence-corrected chi connectivity index (χ3v) is 5.78. The highest BCUT2D eigenvalue weighted by Crippen LogP contribution is 2.31. The van der Waals surface area contributed by atoms with Gasteiger partial charge in [-0.1, -0.05) is 12.1 Å². The summed E-state index contributed by atoms with van der Waals surface area (Å²) in [5.41, 5.74) is 1.06. The van der Waals surface area contributed by atoms with Crippen LogP contribution < -0.4 is 14.8 Å². The third-order valence-electron chi connectivity index (χ3n) is 5.78. The molecule has 2 aromatic rings. The first-order chi connectivity index (χ1) is 14.5. The maximum absolute atomic E-state index is 13.9. The average molecular weight is 412 g/mol. The van der Waals surface area contributed by atoms with Crippen LogP contribution in [0.1, 0.15) is 28.8 Å². The highest BCUT2D eigenvalue weighted by atomic mass is 19.1. The molecule has 2 heterocycles. The Hall–Kier alpha value is -3.09. The van der Waals surface area contributed by atoms with Crippen LogP contribution in [0.5, 0.6) is 11.5 Å². The number of ether oxygens (including phenoxy) is 2. The number of nitrogens with zero attached hydrogens (tertiary/aromatic N) is 1. The Morgan fingerprint density at radius 1 is 1.17 bits per heavy atom. The van der Waals surface area contributed by atoms with Crippen LogP contribution in [0.3, 0.4) is 0 Å². The molecule has 1 unspecified atom stereocenters. The minimum absolute atomic E-state index is 0.00567. The van der Waals surface area contributed by atoms with Crippen molar-refractivity contribution >= 4 is 11.8 Å². The Labute approximate surface area is 175 Å². The summed E-state index contributed by atoms with van der Waals surface area (Å²) in [6, 6.07) is 11.6. The summed E-state index contributed by atoms with van der Waals surface area (Å²) in [5, 5.41) is 3.10. The molecule has 1 N–H and O–H groups in total. The normalized spacial score (nSPS) is 18.9. The number of hydrogen-bond acceptors (Lipinski definition) is 4. The summed E-state index contributed by atoms with van der Waals surface area (Å²) in [4.78, 5) is 26.9. The van der Waals surface area contributed by atoms with Crippen molar-refractivity contribution in [1.29, 1.82) is 0 Å². The highest BCUT2D eigenvalue weighted by molar-refractivity contribution is 5.94. The van der Waals surface area contributed by atoms with Gasteiger partial charge in [0.2, 0.25) is 5.91 Å². The topological polar surface area (TPSA) is 67.9 Å². The van der Waals surface area contributed by atoms with Gasteiger partial charge in [-0.15, -0.1) is 0 Å². The lowest BCUT2D eigenvalue weighted by molar-refractivity contribution is -0.127. The van der Waals surface area contributed by atoms with E-state index >= 15 is 0 Å². The molecule has 1 atom stereocenters. The van der Waals surface area contributed by atoms with E-state index in [0.29, 0.717) is 39.0 Å². The SMILES string of the molecule is COc1ccc2c(c1)CC(C(=O)NC1CCN(C(=O)c3ccccc3F)CC1)CO2. The monoisotopic (exact) mass is 412 g/mol. The molecule has 30 heavy (non-hydrogen) atoms. The lowest BCUT2D eigenvalue weighted by Gasteiger charge is -2.33. The van der Waals surface area contributed by atoms with Crippen LogP contribution in [0.25, 0.3) is 0 Å². The molecule has 2 amide bonds. The van der Waals surface area contributed by atoms with E-state index in [4.69, 9.17) is 9.47 Å². The number of carbonyl (C=O) groups excluding carboxylic acids is 2. The molecule has 0 radical (unpaired) electrons. The second kappa shape index (κ2) is 8.73. The molecule has 2 aliphatic heterocycles. The first kappa shape index (κ1) is 20.2. The van der Waals surface area contributed by atoms with E-state index in [1.807, 2.05) is 18.2 Å².